The molecule has 3 amide bonds. The summed E-state index contributed by atoms with van der Waals surface area (Å²) in [6.07, 6.45) is 0.909. The number of halogens is 2. The molecule has 3 aromatic carbocycles. The minimum absolute atomic E-state index is 0.113. The molecule has 1 heterocycles. The molecule has 3 aromatic rings. The van der Waals surface area contributed by atoms with Crippen molar-refractivity contribution in [2.45, 2.75) is 19.4 Å². The Balaban J connectivity index is 1.42. The summed E-state index contributed by atoms with van der Waals surface area (Å²) in [5.74, 6) is -0.800. The molecule has 1 saturated heterocycles. The van der Waals surface area contributed by atoms with Crippen LogP contribution in [0.2, 0.25) is 0 Å². The highest BCUT2D eigenvalue weighted by Crippen LogP contribution is 2.25. The molecule has 0 spiro atoms. The van der Waals surface area contributed by atoms with E-state index in [1.165, 1.54) is 12.1 Å². The van der Waals surface area contributed by atoms with Crippen LogP contribution < -0.4 is 15.0 Å². The van der Waals surface area contributed by atoms with Gasteiger partial charge in [0.25, 0.3) is 0 Å². The summed E-state index contributed by atoms with van der Waals surface area (Å²) in [7, 11) is 1.59. The Morgan fingerprint density at radius 3 is 2.41 bits per heavy atom. The topological polar surface area (TPSA) is 61.9 Å². The van der Waals surface area contributed by atoms with E-state index in [0.717, 1.165) is 17.4 Å². The smallest absolute Gasteiger partial charge is 0.324 e. The molecule has 34 heavy (non-hydrogen) atoms. The largest absolute Gasteiger partial charge is 0.497 e. The van der Waals surface area contributed by atoms with Gasteiger partial charge in [-0.1, -0.05) is 18.2 Å². The first-order chi connectivity index (χ1) is 16.4. The average Bonchev–Trinajstić information content (AvgIpc) is 2.80. The quantitative estimate of drug-likeness (QED) is 0.535. The molecule has 0 aromatic heterocycles. The molecule has 1 aliphatic rings. The van der Waals surface area contributed by atoms with Crippen LogP contribution in [0.1, 0.15) is 17.5 Å². The zero-order valence-corrected chi connectivity index (χ0v) is 18.8. The van der Waals surface area contributed by atoms with Crippen LogP contribution in [-0.4, -0.2) is 37.0 Å². The molecule has 1 fully saturated rings. The van der Waals surface area contributed by atoms with Crippen LogP contribution >= 0.6 is 0 Å². The first kappa shape index (κ1) is 23.2. The first-order valence-electron chi connectivity index (χ1n) is 11.0. The molecule has 1 aliphatic heterocycles. The summed E-state index contributed by atoms with van der Waals surface area (Å²) in [5.41, 5.74) is 2.47. The van der Waals surface area contributed by atoms with Crippen molar-refractivity contribution in [3.63, 3.8) is 0 Å². The molecule has 0 unspecified atom stereocenters. The summed E-state index contributed by atoms with van der Waals surface area (Å²) in [4.78, 5) is 28.8. The monoisotopic (exact) mass is 465 g/mol. The fourth-order valence-corrected chi connectivity index (χ4v) is 3.98. The summed E-state index contributed by atoms with van der Waals surface area (Å²) >= 11 is 0. The molecular formula is C26H25F2N3O3. The Kier molecular flexibility index (Phi) is 7.06. The second kappa shape index (κ2) is 10.3. The molecule has 176 valence electrons. The maximum absolute atomic E-state index is 13.5. The van der Waals surface area contributed by atoms with Crippen LogP contribution in [-0.2, 0) is 17.8 Å². The number of amides is 3. The van der Waals surface area contributed by atoms with Crippen molar-refractivity contribution in [2.24, 2.45) is 0 Å². The van der Waals surface area contributed by atoms with Gasteiger partial charge in [-0.2, -0.15) is 0 Å². The summed E-state index contributed by atoms with van der Waals surface area (Å²) in [6, 6.07) is 17.4. The van der Waals surface area contributed by atoms with Crippen molar-refractivity contribution < 1.29 is 23.1 Å². The molecule has 0 atom stereocenters. The number of methoxy groups -OCH3 is 1. The zero-order valence-electron chi connectivity index (χ0n) is 18.8. The van der Waals surface area contributed by atoms with Gasteiger partial charge in [0, 0.05) is 37.1 Å². The summed E-state index contributed by atoms with van der Waals surface area (Å²) < 4.78 is 32.2. The highest BCUT2D eigenvalue weighted by molar-refractivity contribution is 5.95. The van der Waals surface area contributed by atoms with Crippen molar-refractivity contribution in [3.05, 3.63) is 89.5 Å². The highest BCUT2D eigenvalue weighted by Gasteiger charge is 2.27. The van der Waals surface area contributed by atoms with E-state index < -0.39 is 11.6 Å². The summed E-state index contributed by atoms with van der Waals surface area (Å²) in [5, 5.41) is 2.87. The predicted molar refractivity (Wildman–Crippen MR) is 126 cm³/mol. The van der Waals surface area contributed by atoms with E-state index in [0.29, 0.717) is 36.4 Å². The van der Waals surface area contributed by atoms with E-state index in [1.54, 1.807) is 53.3 Å². The zero-order chi connectivity index (χ0) is 24.1. The van der Waals surface area contributed by atoms with E-state index >= 15 is 0 Å². The number of urea groups is 1. The number of hydrogen-bond donors (Lipinski definition) is 1. The minimum Gasteiger partial charge on any atom is -0.497 e. The van der Waals surface area contributed by atoms with Gasteiger partial charge in [0.2, 0.25) is 5.91 Å². The van der Waals surface area contributed by atoms with Gasteiger partial charge in [0.05, 0.1) is 13.5 Å². The molecule has 4 rings (SSSR count). The molecule has 0 aliphatic carbocycles. The number of hydrogen-bond acceptors (Lipinski definition) is 3. The Labute approximate surface area is 196 Å². The van der Waals surface area contributed by atoms with Crippen LogP contribution in [0.5, 0.6) is 5.75 Å². The lowest BCUT2D eigenvalue weighted by molar-refractivity contribution is -0.115. The molecule has 0 saturated carbocycles. The fraction of sp³-hybridized carbons (Fsp3) is 0.231. The highest BCUT2D eigenvalue weighted by atomic mass is 19.1. The molecule has 8 heteroatoms. The average molecular weight is 466 g/mol. The van der Waals surface area contributed by atoms with Crippen LogP contribution in [0.25, 0.3) is 0 Å². The Morgan fingerprint density at radius 1 is 0.971 bits per heavy atom. The van der Waals surface area contributed by atoms with Gasteiger partial charge in [0.1, 0.15) is 17.4 Å². The van der Waals surface area contributed by atoms with Gasteiger partial charge in [-0.05, 0) is 60.0 Å². The van der Waals surface area contributed by atoms with Crippen molar-refractivity contribution in [1.82, 2.24) is 4.90 Å². The first-order valence-corrected chi connectivity index (χ1v) is 11.0. The number of carbonyl (C=O) groups is 2. The second-order valence-electron chi connectivity index (χ2n) is 8.11. The molecule has 1 N–H and O–H groups in total. The Morgan fingerprint density at radius 2 is 1.71 bits per heavy atom. The van der Waals surface area contributed by atoms with Gasteiger partial charge < -0.3 is 15.0 Å². The SMILES string of the molecule is COc1ccc(CC(=O)Nc2cccc(N3CCCN(Cc4cc(F)cc(F)c4)C3=O)c2)cc1. The standard InChI is InChI=1S/C26H25F2N3O3/c1-34-24-8-6-18(7-9-24)14-25(32)29-22-4-2-5-23(16-22)31-11-3-10-30(26(31)33)17-19-12-20(27)15-21(28)13-19/h2,4-9,12-13,15-16H,3,10-11,14,17H2,1H3,(H,29,32). The van der Waals surface area contributed by atoms with Crippen LogP contribution in [0, 0.1) is 11.6 Å². The number of anilines is 2. The van der Waals surface area contributed by atoms with Gasteiger partial charge in [0.15, 0.2) is 0 Å². The van der Waals surface area contributed by atoms with Gasteiger partial charge >= 0.3 is 6.03 Å². The predicted octanol–water partition coefficient (Wildman–Crippen LogP) is 4.99. The second-order valence-corrected chi connectivity index (χ2v) is 8.11. The molecule has 0 bridgehead atoms. The van der Waals surface area contributed by atoms with E-state index in [9.17, 15) is 18.4 Å². The fourth-order valence-electron chi connectivity index (χ4n) is 3.98. The lowest BCUT2D eigenvalue weighted by atomic mass is 10.1. The number of carbonyl (C=O) groups excluding carboxylic acids is 2. The van der Waals surface area contributed by atoms with Gasteiger partial charge in [-0.15, -0.1) is 0 Å². The maximum atomic E-state index is 13.5. The van der Waals surface area contributed by atoms with Crippen molar-refractivity contribution in [2.75, 3.05) is 30.4 Å². The third kappa shape index (κ3) is 5.70. The van der Waals surface area contributed by atoms with Gasteiger partial charge in [-0.3, -0.25) is 9.69 Å². The Bertz CT molecular complexity index is 1160. The number of nitrogens with zero attached hydrogens (tertiary/aromatic N) is 2. The molecule has 0 radical (unpaired) electrons. The van der Waals surface area contributed by atoms with Crippen molar-refractivity contribution in [1.29, 1.82) is 0 Å². The molecular weight excluding hydrogens is 440 g/mol. The molecule has 6 nitrogen and oxygen atoms in total. The van der Waals surface area contributed by atoms with Crippen LogP contribution in [0.4, 0.5) is 25.0 Å². The third-order valence-electron chi connectivity index (χ3n) is 5.57. The van der Waals surface area contributed by atoms with E-state index in [4.69, 9.17) is 4.74 Å². The normalized spacial score (nSPS) is 13.7. The minimum atomic E-state index is -0.672. The van der Waals surface area contributed by atoms with E-state index in [1.807, 2.05) is 12.1 Å². The van der Waals surface area contributed by atoms with Crippen LogP contribution in [0.3, 0.4) is 0 Å². The number of nitrogens with one attached hydrogen (secondary N) is 1. The van der Waals surface area contributed by atoms with E-state index in [2.05, 4.69) is 5.32 Å². The van der Waals surface area contributed by atoms with E-state index in [-0.39, 0.29) is 24.9 Å². The lowest BCUT2D eigenvalue weighted by Crippen LogP contribution is -2.49. The third-order valence-corrected chi connectivity index (χ3v) is 5.57. The Hall–Kier alpha value is -3.94. The maximum Gasteiger partial charge on any atom is 0.324 e. The van der Waals surface area contributed by atoms with Crippen molar-refractivity contribution >= 4 is 23.3 Å². The lowest BCUT2D eigenvalue weighted by Gasteiger charge is -2.36. The summed E-state index contributed by atoms with van der Waals surface area (Å²) in [6.45, 7) is 1.12. The number of benzene rings is 3. The van der Waals surface area contributed by atoms with Crippen molar-refractivity contribution in [3.8, 4) is 5.75 Å². The van der Waals surface area contributed by atoms with Gasteiger partial charge in [-0.25, -0.2) is 13.6 Å². The van der Waals surface area contributed by atoms with Crippen LogP contribution in [0.15, 0.2) is 66.7 Å². The number of rotatable bonds is 7. The number of ether oxygens (including phenoxy) is 1.